The third-order valence-corrected chi connectivity index (χ3v) is 3.26. The molecular formula is C8H9ClN2O4S. The van der Waals surface area contributed by atoms with Crippen LogP contribution in [0.15, 0.2) is 23.1 Å². The Hall–Kier alpha value is -1.34. The van der Waals surface area contributed by atoms with Crippen molar-refractivity contribution in [2.75, 3.05) is 19.0 Å². The van der Waals surface area contributed by atoms with Crippen LogP contribution in [0.5, 0.6) is 0 Å². The summed E-state index contributed by atoms with van der Waals surface area (Å²) >= 11 is 0. The molecule has 0 saturated heterocycles. The second-order valence-corrected chi connectivity index (χ2v) is 5.81. The van der Waals surface area contributed by atoms with Crippen LogP contribution in [0.2, 0.25) is 0 Å². The average Bonchev–Trinajstić information content (AvgIpc) is 2.15. The van der Waals surface area contributed by atoms with Gasteiger partial charge in [-0.25, -0.2) is 8.42 Å². The number of nitro benzene ring substituents is 1. The molecule has 0 saturated carbocycles. The third-order valence-electron chi connectivity index (χ3n) is 1.91. The summed E-state index contributed by atoms with van der Waals surface area (Å²) in [6, 6.07) is 3.51. The number of nitro groups is 1. The number of rotatable bonds is 3. The van der Waals surface area contributed by atoms with Crippen molar-refractivity contribution >= 4 is 31.1 Å². The van der Waals surface area contributed by atoms with Gasteiger partial charge in [0.25, 0.3) is 14.7 Å². The summed E-state index contributed by atoms with van der Waals surface area (Å²) in [7, 11) is 4.40. The predicted octanol–water partition coefficient (Wildman–Crippen LogP) is 1.59. The van der Waals surface area contributed by atoms with Crippen LogP contribution in [-0.2, 0) is 9.05 Å². The van der Waals surface area contributed by atoms with Gasteiger partial charge in [0, 0.05) is 30.8 Å². The lowest BCUT2D eigenvalue weighted by molar-refractivity contribution is -0.384. The normalized spacial score (nSPS) is 11.2. The zero-order chi connectivity index (χ0) is 12.5. The van der Waals surface area contributed by atoms with E-state index in [2.05, 4.69) is 0 Å². The van der Waals surface area contributed by atoms with Crippen molar-refractivity contribution in [2.24, 2.45) is 0 Å². The Morgan fingerprint density at radius 2 is 1.94 bits per heavy atom. The number of nitrogens with zero attached hydrogens (tertiary/aromatic N) is 2. The van der Waals surface area contributed by atoms with E-state index in [-0.39, 0.29) is 10.6 Å². The van der Waals surface area contributed by atoms with Crippen molar-refractivity contribution in [3.8, 4) is 0 Å². The highest BCUT2D eigenvalue weighted by atomic mass is 35.7. The number of hydrogen-bond acceptors (Lipinski definition) is 5. The maximum absolute atomic E-state index is 11.0. The molecule has 0 amide bonds. The van der Waals surface area contributed by atoms with Gasteiger partial charge in [-0.2, -0.15) is 0 Å². The molecular weight excluding hydrogens is 256 g/mol. The lowest BCUT2D eigenvalue weighted by Crippen LogP contribution is -2.11. The highest BCUT2D eigenvalue weighted by molar-refractivity contribution is 8.13. The summed E-state index contributed by atoms with van der Waals surface area (Å²) in [6.07, 6.45) is 0. The Morgan fingerprint density at radius 3 is 2.31 bits per heavy atom. The fraction of sp³-hybridized carbons (Fsp3) is 0.250. The smallest absolute Gasteiger partial charge is 0.293 e. The largest absolute Gasteiger partial charge is 0.372 e. The van der Waals surface area contributed by atoms with Crippen LogP contribution in [0.3, 0.4) is 0 Å². The van der Waals surface area contributed by atoms with Crippen LogP contribution in [0.4, 0.5) is 11.4 Å². The maximum atomic E-state index is 11.0. The second kappa shape index (κ2) is 4.26. The molecule has 1 aromatic carbocycles. The third kappa shape index (κ3) is 2.61. The first-order valence-electron chi connectivity index (χ1n) is 4.14. The van der Waals surface area contributed by atoms with Gasteiger partial charge < -0.3 is 4.90 Å². The van der Waals surface area contributed by atoms with Gasteiger partial charge in [0.15, 0.2) is 0 Å². The van der Waals surface area contributed by atoms with Crippen LogP contribution in [0, 0.1) is 10.1 Å². The monoisotopic (exact) mass is 264 g/mol. The Bertz CT molecular complexity index is 527. The Labute approximate surface area is 97.0 Å². The Balaban J connectivity index is 3.46. The lowest BCUT2D eigenvalue weighted by Gasteiger charge is -2.12. The van der Waals surface area contributed by atoms with Crippen molar-refractivity contribution in [2.45, 2.75) is 4.90 Å². The predicted molar refractivity (Wildman–Crippen MR) is 60.5 cm³/mol. The molecule has 88 valence electrons. The minimum atomic E-state index is -3.95. The quantitative estimate of drug-likeness (QED) is 0.470. The fourth-order valence-electron chi connectivity index (χ4n) is 1.18. The van der Waals surface area contributed by atoms with Gasteiger partial charge >= 0.3 is 0 Å². The van der Waals surface area contributed by atoms with E-state index in [1.807, 2.05) is 0 Å². The summed E-state index contributed by atoms with van der Waals surface area (Å²) in [5.41, 5.74) is 0.0146. The number of anilines is 1. The van der Waals surface area contributed by atoms with E-state index < -0.39 is 14.0 Å². The molecule has 0 radical (unpaired) electrons. The van der Waals surface area contributed by atoms with Crippen LogP contribution in [0.25, 0.3) is 0 Å². The van der Waals surface area contributed by atoms with E-state index in [0.717, 1.165) is 6.07 Å². The van der Waals surface area contributed by atoms with Gasteiger partial charge in [-0.1, -0.05) is 0 Å². The van der Waals surface area contributed by atoms with Crippen molar-refractivity contribution in [1.29, 1.82) is 0 Å². The van der Waals surface area contributed by atoms with Gasteiger partial charge in [-0.3, -0.25) is 10.1 Å². The molecule has 0 aliphatic carbocycles. The topological polar surface area (TPSA) is 80.5 Å². The highest BCUT2D eigenvalue weighted by Crippen LogP contribution is 2.30. The van der Waals surface area contributed by atoms with Gasteiger partial charge in [0.1, 0.15) is 5.69 Å². The van der Waals surface area contributed by atoms with E-state index in [1.165, 1.54) is 17.0 Å². The molecule has 0 aliphatic heterocycles. The molecule has 1 aromatic rings. The molecule has 0 spiro atoms. The van der Waals surface area contributed by atoms with Crippen molar-refractivity contribution in [3.05, 3.63) is 28.3 Å². The first-order chi connectivity index (χ1) is 7.23. The molecule has 8 heteroatoms. The summed E-state index contributed by atoms with van der Waals surface area (Å²) in [5.74, 6) is 0. The zero-order valence-corrected chi connectivity index (χ0v) is 10.1. The van der Waals surface area contributed by atoms with Crippen LogP contribution in [0.1, 0.15) is 0 Å². The van der Waals surface area contributed by atoms with Crippen LogP contribution >= 0.6 is 10.7 Å². The molecule has 0 fully saturated rings. The summed E-state index contributed by atoms with van der Waals surface area (Å²) in [4.78, 5) is 11.3. The van der Waals surface area contributed by atoms with Gasteiger partial charge in [0.05, 0.1) is 9.82 Å². The minimum Gasteiger partial charge on any atom is -0.372 e. The summed E-state index contributed by atoms with van der Waals surface area (Å²) in [6.45, 7) is 0. The molecule has 0 heterocycles. The molecule has 0 bridgehead atoms. The van der Waals surface area contributed by atoms with Crippen LogP contribution < -0.4 is 4.90 Å². The maximum Gasteiger partial charge on any atom is 0.293 e. The minimum absolute atomic E-state index is 0.286. The number of halogens is 1. The van der Waals surface area contributed by atoms with E-state index in [9.17, 15) is 18.5 Å². The van der Waals surface area contributed by atoms with Gasteiger partial charge in [-0.15, -0.1) is 0 Å². The molecule has 1 rings (SSSR count). The lowest BCUT2D eigenvalue weighted by atomic mass is 10.2. The molecule has 0 unspecified atom stereocenters. The molecule has 16 heavy (non-hydrogen) atoms. The second-order valence-electron chi connectivity index (χ2n) is 3.24. The van der Waals surface area contributed by atoms with E-state index in [0.29, 0.717) is 5.69 Å². The van der Waals surface area contributed by atoms with Crippen molar-refractivity contribution in [1.82, 2.24) is 0 Å². The van der Waals surface area contributed by atoms with Gasteiger partial charge in [-0.05, 0) is 12.1 Å². The first kappa shape index (κ1) is 12.7. The Kier molecular flexibility index (Phi) is 3.39. The molecule has 0 N–H and O–H groups in total. The molecule has 0 aromatic heterocycles. The standard InChI is InChI=1S/C8H9ClN2O4S/c1-10(2)7-4-3-6(16(9,14)15)5-8(7)11(12)13/h3-5H,1-2H3. The average molecular weight is 265 g/mol. The molecule has 6 nitrogen and oxygen atoms in total. The van der Waals surface area contributed by atoms with Crippen molar-refractivity contribution < 1.29 is 13.3 Å². The summed E-state index contributed by atoms with van der Waals surface area (Å²) < 4.78 is 22.0. The SMILES string of the molecule is CN(C)c1ccc(S(=O)(=O)Cl)cc1[N+](=O)[O-]. The van der Waals surface area contributed by atoms with E-state index in [4.69, 9.17) is 10.7 Å². The summed E-state index contributed by atoms with van der Waals surface area (Å²) in [5, 5.41) is 10.7. The van der Waals surface area contributed by atoms with Gasteiger partial charge in [0.2, 0.25) is 0 Å². The number of hydrogen-bond donors (Lipinski definition) is 0. The zero-order valence-electron chi connectivity index (χ0n) is 8.55. The van der Waals surface area contributed by atoms with Crippen LogP contribution in [-0.4, -0.2) is 27.4 Å². The number of benzene rings is 1. The Morgan fingerprint density at radius 1 is 1.38 bits per heavy atom. The van der Waals surface area contributed by atoms with E-state index in [1.54, 1.807) is 14.1 Å². The fourth-order valence-corrected chi connectivity index (χ4v) is 1.95. The van der Waals surface area contributed by atoms with E-state index >= 15 is 0 Å². The first-order valence-corrected chi connectivity index (χ1v) is 6.45. The molecule has 0 atom stereocenters. The molecule has 0 aliphatic rings. The highest BCUT2D eigenvalue weighted by Gasteiger charge is 2.20. The van der Waals surface area contributed by atoms with Crippen molar-refractivity contribution in [3.63, 3.8) is 0 Å².